The van der Waals surface area contributed by atoms with E-state index in [-0.39, 0.29) is 17.2 Å². The molecule has 0 amide bonds. The number of aliphatic hydroxyl groups excluding tert-OH is 1. The summed E-state index contributed by atoms with van der Waals surface area (Å²) in [5.74, 6) is 0.914. The molecule has 2 rings (SSSR count). The second-order valence-corrected chi connectivity index (χ2v) is 7.92. The van der Waals surface area contributed by atoms with Crippen molar-refractivity contribution in [1.82, 2.24) is 4.72 Å². The molecule has 1 saturated heterocycles. The van der Waals surface area contributed by atoms with Crippen LogP contribution in [0.25, 0.3) is 0 Å². The highest BCUT2D eigenvalue weighted by Gasteiger charge is 2.18. The summed E-state index contributed by atoms with van der Waals surface area (Å²) in [7, 11) is -3.76. The molecule has 0 aliphatic carbocycles. The molecule has 0 atom stereocenters. The highest BCUT2D eigenvalue weighted by Crippen LogP contribution is 2.25. The number of hydrogen-bond acceptors (Lipinski definition) is 5. The number of aliphatic hydroxyl groups is 1. The van der Waals surface area contributed by atoms with E-state index in [0.717, 1.165) is 32.5 Å². The van der Waals surface area contributed by atoms with Crippen LogP contribution in [0, 0.1) is 5.92 Å². The molecule has 144 valence electrons. The lowest BCUT2D eigenvalue weighted by Crippen LogP contribution is -2.23. The molecule has 1 aromatic rings. The van der Waals surface area contributed by atoms with Crippen molar-refractivity contribution in [3.05, 3.63) is 48.2 Å². The smallest absolute Gasteiger partial charge is 0.261 e. The van der Waals surface area contributed by atoms with E-state index in [2.05, 4.69) is 11.3 Å². The van der Waals surface area contributed by atoms with E-state index in [4.69, 9.17) is 9.47 Å². The number of ether oxygens (including phenoxy) is 2. The average molecular weight is 381 g/mol. The summed E-state index contributed by atoms with van der Waals surface area (Å²) < 4.78 is 38.4. The zero-order valence-electron chi connectivity index (χ0n) is 15.1. The van der Waals surface area contributed by atoms with Gasteiger partial charge in [0.2, 0.25) is 0 Å². The van der Waals surface area contributed by atoms with E-state index >= 15 is 0 Å². The second-order valence-electron chi connectivity index (χ2n) is 6.24. The topological polar surface area (TPSA) is 84.9 Å². The van der Waals surface area contributed by atoms with E-state index in [0.29, 0.717) is 23.8 Å². The van der Waals surface area contributed by atoms with Crippen LogP contribution < -0.4 is 9.46 Å². The number of benzene rings is 1. The molecule has 1 fully saturated rings. The van der Waals surface area contributed by atoms with Gasteiger partial charge in [-0.25, -0.2) is 8.42 Å². The first-order valence-electron chi connectivity index (χ1n) is 8.79. The van der Waals surface area contributed by atoms with Gasteiger partial charge in [-0.1, -0.05) is 19.6 Å². The second kappa shape index (κ2) is 9.75. The Morgan fingerprint density at radius 1 is 1.42 bits per heavy atom. The minimum atomic E-state index is -3.76. The summed E-state index contributed by atoms with van der Waals surface area (Å²) >= 11 is 0. The third-order valence-corrected chi connectivity index (χ3v) is 5.55. The minimum Gasteiger partial charge on any atom is -0.493 e. The molecular weight excluding hydrogens is 354 g/mol. The molecule has 0 bridgehead atoms. The molecule has 0 spiro atoms. The van der Waals surface area contributed by atoms with Gasteiger partial charge in [0.15, 0.2) is 0 Å². The van der Waals surface area contributed by atoms with Gasteiger partial charge in [0, 0.05) is 24.5 Å². The normalized spacial score (nSPS) is 15.9. The fraction of sp³-hybridized carbons (Fsp3) is 0.474. The SMILES string of the molecule is C=C(/C=C\CC)NS(=O)(=O)c1ccc(OCC2CCOCC2)c(CO)c1. The van der Waals surface area contributed by atoms with Gasteiger partial charge < -0.3 is 14.6 Å². The van der Waals surface area contributed by atoms with E-state index in [1.54, 1.807) is 12.1 Å². The molecule has 1 heterocycles. The number of sulfonamides is 1. The predicted octanol–water partition coefficient (Wildman–Crippen LogP) is 2.74. The van der Waals surface area contributed by atoms with Crippen LogP contribution in [0.3, 0.4) is 0 Å². The van der Waals surface area contributed by atoms with Gasteiger partial charge in [-0.2, -0.15) is 0 Å². The quantitative estimate of drug-likeness (QED) is 0.643. The third-order valence-electron chi connectivity index (χ3n) is 4.15. The molecule has 1 aliphatic heterocycles. The summed E-state index contributed by atoms with van der Waals surface area (Å²) in [5, 5.41) is 9.60. The largest absolute Gasteiger partial charge is 0.493 e. The van der Waals surface area contributed by atoms with Gasteiger partial charge in [-0.15, -0.1) is 0 Å². The standard InChI is InChI=1S/C19H27NO5S/c1-3-4-5-15(2)20-26(22,23)18-6-7-19(17(12-18)13-21)25-14-16-8-10-24-11-9-16/h4-7,12,16,20-21H,2-3,8-11,13-14H2,1H3/b5-4-. The van der Waals surface area contributed by atoms with Crippen LogP contribution >= 0.6 is 0 Å². The Kier molecular flexibility index (Phi) is 7.68. The highest BCUT2D eigenvalue weighted by molar-refractivity contribution is 7.89. The first-order chi connectivity index (χ1) is 12.5. The molecular formula is C19H27NO5S. The molecule has 26 heavy (non-hydrogen) atoms. The number of rotatable bonds is 9. The lowest BCUT2D eigenvalue weighted by atomic mass is 10.0. The fourth-order valence-electron chi connectivity index (χ4n) is 2.63. The molecule has 0 radical (unpaired) electrons. The van der Waals surface area contributed by atoms with Crippen LogP contribution in [-0.2, 0) is 21.4 Å². The number of allylic oxidation sites excluding steroid dienone is 2. The Labute approximate surface area is 155 Å². The van der Waals surface area contributed by atoms with Crippen LogP contribution in [0.1, 0.15) is 31.7 Å². The zero-order valence-corrected chi connectivity index (χ0v) is 15.9. The lowest BCUT2D eigenvalue weighted by molar-refractivity contribution is 0.0494. The maximum Gasteiger partial charge on any atom is 0.261 e. The summed E-state index contributed by atoms with van der Waals surface area (Å²) in [6.45, 7) is 7.33. The maximum atomic E-state index is 12.4. The Morgan fingerprint density at radius 3 is 2.81 bits per heavy atom. The van der Waals surface area contributed by atoms with Gasteiger partial charge >= 0.3 is 0 Å². The third kappa shape index (κ3) is 5.86. The summed E-state index contributed by atoms with van der Waals surface area (Å²) in [6.07, 6.45) is 6.11. The van der Waals surface area contributed by atoms with Crippen LogP contribution in [0.4, 0.5) is 0 Å². The van der Waals surface area contributed by atoms with E-state index in [9.17, 15) is 13.5 Å². The van der Waals surface area contributed by atoms with Gasteiger partial charge in [-0.05, 0) is 49.5 Å². The van der Waals surface area contributed by atoms with Crippen molar-refractivity contribution in [2.24, 2.45) is 5.92 Å². The van der Waals surface area contributed by atoms with Crippen LogP contribution in [-0.4, -0.2) is 33.3 Å². The molecule has 7 heteroatoms. The van der Waals surface area contributed by atoms with Gasteiger partial charge in [-0.3, -0.25) is 4.72 Å². The van der Waals surface area contributed by atoms with Crippen LogP contribution in [0.15, 0.2) is 47.5 Å². The maximum absolute atomic E-state index is 12.4. The van der Waals surface area contributed by atoms with Crippen LogP contribution in [0.5, 0.6) is 5.75 Å². The van der Waals surface area contributed by atoms with Crippen molar-refractivity contribution in [2.75, 3.05) is 19.8 Å². The van der Waals surface area contributed by atoms with Crippen molar-refractivity contribution < 1.29 is 23.0 Å². The van der Waals surface area contributed by atoms with E-state index < -0.39 is 10.0 Å². The molecule has 0 aromatic heterocycles. The number of hydrogen-bond donors (Lipinski definition) is 2. The van der Waals surface area contributed by atoms with E-state index in [1.165, 1.54) is 12.1 Å². The Bertz CT molecular complexity index is 736. The first-order valence-corrected chi connectivity index (χ1v) is 10.3. The summed E-state index contributed by atoms with van der Waals surface area (Å²) in [4.78, 5) is 0.0611. The predicted molar refractivity (Wildman–Crippen MR) is 100 cm³/mol. The van der Waals surface area contributed by atoms with Gasteiger partial charge in [0.25, 0.3) is 10.0 Å². The molecule has 0 unspecified atom stereocenters. The Hall–Kier alpha value is -1.83. The average Bonchev–Trinajstić information content (AvgIpc) is 2.65. The zero-order chi connectivity index (χ0) is 19.0. The highest BCUT2D eigenvalue weighted by atomic mass is 32.2. The molecule has 0 saturated carbocycles. The monoisotopic (exact) mass is 381 g/mol. The molecule has 2 N–H and O–H groups in total. The van der Waals surface area contributed by atoms with Crippen molar-refractivity contribution in [2.45, 2.75) is 37.7 Å². The van der Waals surface area contributed by atoms with Crippen molar-refractivity contribution in [3.63, 3.8) is 0 Å². The van der Waals surface area contributed by atoms with Crippen molar-refractivity contribution in [1.29, 1.82) is 0 Å². The van der Waals surface area contributed by atoms with Crippen molar-refractivity contribution >= 4 is 10.0 Å². The fourth-order valence-corrected chi connectivity index (χ4v) is 3.71. The molecule has 1 aromatic carbocycles. The number of nitrogens with one attached hydrogen (secondary N) is 1. The Morgan fingerprint density at radius 2 is 2.15 bits per heavy atom. The van der Waals surface area contributed by atoms with Gasteiger partial charge in [0.1, 0.15) is 5.75 Å². The minimum absolute atomic E-state index is 0.0611. The molecule has 1 aliphatic rings. The molecule has 6 nitrogen and oxygen atoms in total. The van der Waals surface area contributed by atoms with Crippen molar-refractivity contribution in [3.8, 4) is 5.75 Å². The van der Waals surface area contributed by atoms with Gasteiger partial charge in [0.05, 0.1) is 18.1 Å². The lowest BCUT2D eigenvalue weighted by Gasteiger charge is -2.22. The van der Waals surface area contributed by atoms with Crippen LogP contribution in [0.2, 0.25) is 0 Å². The summed E-state index contributed by atoms with van der Waals surface area (Å²) in [6, 6.07) is 4.49. The Balaban J connectivity index is 2.08. The summed E-state index contributed by atoms with van der Waals surface area (Å²) in [5.41, 5.74) is 0.729. The van der Waals surface area contributed by atoms with E-state index in [1.807, 2.05) is 13.0 Å². The first kappa shape index (κ1) is 20.5.